The minimum Gasteiger partial charge on any atom is -0.491 e. The number of hydrogen-bond donors (Lipinski definition) is 1. The second-order valence-corrected chi connectivity index (χ2v) is 4.72. The SMILES string of the molecule is CC(=O)c1ccc(OC[C@H](O)CN(C)CCC#N)cc1. The lowest BCUT2D eigenvalue weighted by Gasteiger charge is -2.19. The average Bonchev–Trinajstić information content (AvgIpc) is 2.43. The van der Waals surface area contributed by atoms with Crippen LogP contribution in [-0.2, 0) is 0 Å². The van der Waals surface area contributed by atoms with E-state index >= 15 is 0 Å². The predicted octanol–water partition coefficient (Wildman–Crippen LogP) is 1.47. The molecule has 1 N–H and O–H groups in total. The maximum atomic E-state index is 11.1. The highest BCUT2D eigenvalue weighted by molar-refractivity contribution is 5.94. The summed E-state index contributed by atoms with van der Waals surface area (Å²) in [7, 11) is 1.85. The third-order valence-electron chi connectivity index (χ3n) is 2.83. The zero-order valence-corrected chi connectivity index (χ0v) is 11.9. The summed E-state index contributed by atoms with van der Waals surface area (Å²) >= 11 is 0. The number of nitrogens with zero attached hydrogens (tertiary/aromatic N) is 2. The Morgan fingerprint density at radius 3 is 2.65 bits per heavy atom. The average molecular weight is 276 g/mol. The van der Waals surface area contributed by atoms with Gasteiger partial charge in [0.2, 0.25) is 0 Å². The first-order valence-electron chi connectivity index (χ1n) is 6.50. The molecule has 5 nitrogen and oxygen atoms in total. The van der Waals surface area contributed by atoms with Crippen LogP contribution in [0.4, 0.5) is 0 Å². The van der Waals surface area contributed by atoms with Crippen molar-refractivity contribution in [3.05, 3.63) is 29.8 Å². The third-order valence-corrected chi connectivity index (χ3v) is 2.83. The summed E-state index contributed by atoms with van der Waals surface area (Å²) in [5, 5.41) is 18.3. The van der Waals surface area contributed by atoms with Gasteiger partial charge in [-0.25, -0.2) is 0 Å². The lowest BCUT2D eigenvalue weighted by atomic mass is 10.1. The van der Waals surface area contributed by atoms with Gasteiger partial charge in [-0.15, -0.1) is 0 Å². The number of carbonyl (C=O) groups is 1. The fraction of sp³-hybridized carbons (Fsp3) is 0.467. The second kappa shape index (κ2) is 8.31. The van der Waals surface area contributed by atoms with Crippen molar-refractivity contribution in [2.45, 2.75) is 19.4 Å². The highest BCUT2D eigenvalue weighted by atomic mass is 16.5. The number of likely N-dealkylation sites (N-methyl/N-ethyl adjacent to an activating group) is 1. The summed E-state index contributed by atoms with van der Waals surface area (Å²) in [5.41, 5.74) is 0.633. The molecule has 0 aliphatic rings. The molecule has 0 aliphatic heterocycles. The molecule has 0 bridgehead atoms. The van der Waals surface area contributed by atoms with E-state index in [1.807, 2.05) is 11.9 Å². The Balaban J connectivity index is 2.35. The molecule has 0 unspecified atom stereocenters. The Labute approximate surface area is 119 Å². The molecule has 0 radical (unpaired) electrons. The molecule has 0 saturated heterocycles. The number of ether oxygens (including phenoxy) is 1. The van der Waals surface area contributed by atoms with E-state index in [-0.39, 0.29) is 12.4 Å². The summed E-state index contributed by atoms with van der Waals surface area (Å²) in [6.45, 7) is 2.76. The Morgan fingerprint density at radius 2 is 2.10 bits per heavy atom. The van der Waals surface area contributed by atoms with Crippen LogP contribution in [0.25, 0.3) is 0 Å². The van der Waals surface area contributed by atoms with E-state index in [0.29, 0.717) is 30.8 Å². The predicted molar refractivity (Wildman–Crippen MR) is 75.7 cm³/mol. The van der Waals surface area contributed by atoms with Crippen LogP contribution in [0.5, 0.6) is 5.75 Å². The van der Waals surface area contributed by atoms with E-state index in [2.05, 4.69) is 6.07 Å². The maximum Gasteiger partial charge on any atom is 0.159 e. The maximum absolute atomic E-state index is 11.1. The van der Waals surface area contributed by atoms with Crippen LogP contribution in [-0.4, -0.2) is 48.6 Å². The Morgan fingerprint density at radius 1 is 1.45 bits per heavy atom. The van der Waals surface area contributed by atoms with E-state index in [1.54, 1.807) is 24.3 Å². The van der Waals surface area contributed by atoms with Crippen molar-refractivity contribution >= 4 is 5.78 Å². The van der Waals surface area contributed by atoms with Crippen LogP contribution < -0.4 is 4.74 Å². The molecular weight excluding hydrogens is 256 g/mol. The zero-order valence-electron chi connectivity index (χ0n) is 11.9. The van der Waals surface area contributed by atoms with E-state index < -0.39 is 6.10 Å². The number of aliphatic hydroxyl groups excluding tert-OH is 1. The summed E-state index contributed by atoms with van der Waals surface area (Å²) in [4.78, 5) is 13.0. The van der Waals surface area contributed by atoms with Crippen LogP contribution in [0.3, 0.4) is 0 Å². The Hall–Kier alpha value is -1.90. The number of benzene rings is 1. The summed E-state index contributed by atoms with van der Waals surface area (Å²) < 4.78 is 5.45. The van der Waals surface area contributed by atoms with Gasteiger partial charge in [0.15, 0.2) is 5.78 Å². The van der Waals surface area contributed by atoms with Crippen molar-refractivity contribution in [3.8, 4) is 11.8 Å². The summed E-state index contributed by atoms with van der Waals surface area (Å²) in [5.74, 6) is 0.629. The number of nitriles is 1. The van der Waals surface area contributed by atoms with Gasteiger partial charge in [-0.05, 0) is 38.2 Å². The van der Waals surface area contributed by atoms with Crippen molar-refractivity contribution in [3.63, 3.8) is 0 Å². The number of aliphatic hydroxyl groups is 1. The van der Waals surface area contributed by atoms with E-state index in [1.165, 1.54) is 6.92 Å². The first-order valence-corrected chi connectivity index (χ1v) is 6.50. The van der Waals surface area contributed by atoms with Gasteiger partial charge in [0.1, 0.15) is 18.5 Å². The molecule has 0 amide bonds. The first-order chi connectivity index (χ1) is 9.52. The zero-order chi connectivity index (χ0) is 15.0. The lowest BCUT2D eigenvalue weighted by molar-refractivity contribution is 0.0769. The molecule has 0 aromatic heterocycles. The van der Waals surface area contributed by atoms with Gasteiger partial charge in [-0.3, -0.25) is 4.79 Å². The summed E-state index contributed by atoms with van der Waals surface area (Å²) in [6.07, 6.45) is -0.178. The fourth-order valence-corrected chi connectivity index (χ4v) is 1.72. The smallest absolute Gasteiger partial charge is 0.159 e. The molecule has 1 aromatic carbocycles. The first kappa shape index (κ1) is 16.2. The van der Waals surface area contributed by atoms with E-state index in [0.717, 1.165) is 0 Å². The number of hydrogen-bond acceptors (Lipinski definition) is 5. The molecule has 0 saturated carbocycles. The number of carbonyl (C=O) groups excluding carboxylic acids is 1. The van der Waals surface area contributed by atoms with Crippen LogP contribution in [0.2, 0.25) is 0 Å². The monoisotopic (exact) mass is 276 g/mol. The van der Waals surface area contributed by atoms with Gasteiger partial charge in [-0.1, -0.05) is 0 Å². The second-order valence-electron chi connectivity index (χ2n) is 4.72. The van der Waals surface area contributed by atoms with Gasteiger partial charge >= 0.3 is 0 Å². The van der Waals surface area contributed by atoms with Crippen molar-refractivity contribution in [1.29, 1.82) is 5.26 Å². The molecule has 0 fully saturated rings. The number of Topliss-reactive ketones (excluding diaryl/α,β-unsaturated/α-hetero) is 1. The Kier molecular flexibility index (Phi) is 6.71. The normalized spacial score (nSPS) is 11.9. The van der Waals surface area contributed by atoms with Crippen molar-refractivity contribution < 1.29 is 14.6 Å². The van der Waals surface area contributed by atoms with Crippen LogP contribution in [0, 0.1) is 11.3 Å². The topological polar surface area (TPSA) is 73.6 Å². The highest BCUT2D eigenvalue weighted by Crippen LogP contribution is 2.12. The minimum absolute atomic E-state index is 0.00991. The molecule has 5 heteroatoms. The van der Waals surface area contributed by atoms with Crippen molar-refractivity contribution in [2.24, 2.45) is 0 Å². The van der Waals surface area contributed by atoms with Crippen LogP contribution >= 0.6 is 0 Å². The lowest BCUT2D eigenvalue weighted by Crippen LogP contribution is -2.33. The highest BCUT2D eigenvalue weighted by Gasteiger charge is 2.09. The number of ketones is 1. The minimum atomic E-state index is -0.619. The fourth-order valence-electron chi connectivity index (χ4n) is 1.72. The van der Waals surface area contributed by atoms with Crippen LogP contribution in [0.1, 0.15) is 23.7 Å². The third kappa shape index (κ3) is 5.83. The quantitative estimate of drug-likeness (QED) is 0.728. The van der Waals surface area contributed by atoms with Crippen molar-refractivity contribution in [2.75, 3.05) is 26.7 Å². The Bertz CT molecular complexity index is 465. The van der Waals surface area contributed by atoms with Gasteiger partial charge in [0.05, 0.1) is 6.07 Å². The molecule has 1 rings (SSSR count). The van der Waals surface area contributed by atoms with Gasteiger partial charge in [0.25, 0.3) is 0 Å². The number of rotatable bonds is 8. The van der Waals surface area contributed by atoms with Crippen molar-refractivity contribution in [1.82, 2.24) is 4.90 Å². The molecule has 108 valence electrons. The molecule has 1 atom stereocenters. The van der Waals surface area contributed by atoms with Gasteiger partial charge in [-0.2, -0.15) is 5.26 Å². The summed E-state index contributed by atoms with van der Waals surface area (Å²) in [6, 6.07) is 8.88. The van der Waals surface area contributed by atoms with E-state index in [4.69, 9.17) is 10.00 Å². The molecule has 1 aromatic rings. The van der Waals surface area contributed by atoms with Gasteiger partial charge in [0, 0.05) is 25.1 Å². The molecule has 0 heterocycles. The molecule has 20 heavy (non-hydrogen) atoms. The molecule has 0 spiro atoms. The largest absolute Gasteiger partial charge is 0.491 e. The molecule has 0 aliphatic carbocycles. The van der Waals surface area contributed by atoms with Gasteiger partial charge < -0.3 is 14.7 Å². The van der Waals surface area contributed by atoms with Crippen LogP contribution in [0.15, 0.2) is 24.3 Å². The standard InChI is InChI=1S/C15H20N2O3/c1-12(18)13-4-6-15(7-5-13)20-11-14(19)10-17(2)9-3-8-16/h4-7,14,19H,3,9-11H2,1-2H3/t14-/m1/s1. The van der Waals surface area contributed by atoms with E-state index in [9.17, 15) is 9.90 Å². The molecular formula is C15H20N2O3.